The summed E-state index contributed by atoms with van der Waals surface area (Å²) in [4.78, 5) is 0. The fraction of sp³-hybridized carbons (Fsp3) is 0.0526. The van der Waals surface area contributed by atoms with Crippen molar-refractivity contribution in [3.05, 3.63) is 108 Å². The summed E-state index contributed by atoms with van der Waals surface area (Å²) >= 11 is 0. The highest BCUT2D eigenvalue weighted by Crippen LogP contribution is 2.31. The minimum absolute atomic E-state index is 0. The topological polar surface area (TPSA) is 0 Å². The van der Waals surface area contributed by atoms with Gasteiger partial charge in [-0.05, 0) is 16.7 Å². The van der Waals surface area contributed by atoms with E-state index in [2.05, 4.69) is 91.0 Å². The Morgan fingerprint density at radius 1 is 0.400 bits per heavy atom. The maximum Gasteiger partial charge on any atom is 0.0339 e. The summed E-state index contributed by atoms with van der Waals surface area (Å²) in [7, 11) is 0. The van der Waals surface area contributed by atoms with Gasteiger partial charge in [-0.1, -0.05) is 91.0 Å². The molecule has 1 heteroatoms. The lowest BCUT2D eigenvalue weighted by molar-refractivity contribution is 0.977. The molecule has 0 aromatic heterocycles. The van der Waals surface area contributed by atoms with Gasteiger partial charge < -0.3 is 0 Å². The van der Waals surface area contributed by atoms with E-state index in [1.807, 2.05) is 0 Å². The standard InChI is InChI=1S/C19H16.B/c1-4-10-16(11-5-1)19(17-12-6-2-7-13-17)18-14-8-3-9-15-18;/h1-15,19H;. The quantitative estimate of drug-likeness (QED) is 0.478. The molecule has 95 valence electrons. The molecular weight excluding hydrogens is 239 g/mol. The molecule has 3 radical (unpaired) electrons. The molecule has 0 heterocycles. The maximum absolute atomic E-state index is 2.20. The van der Waals surface area contributed by atoms with Crippen molar-refractivity contribution in [2.24, 2.45) is 0 Å². The van der Waals surface area contributed by atoms with E-state index < -0.39 is 0 Å². The number of rotatable bonds is 3. The minimum atomic E-state index is 0. The minimum Gasteiger partial charge on any atom is -0.0622 e. The Morgan fingerprint density at radius 3 is 0.900 bits per heavy atom. The molecule has 0 spiro atoms. The largest absolute Gasteiger partial charge is 0.0622 e. The number of hydrogen-bond donors (Lipinski definition) is 0. The summed E-state index contributed by atoms with van der Waals surface area (Å²) in [6, 6.07) is 32.0. The Balaban J connectivity index is 0.00000147. The second kappa shape index (κ2) is 6.77. The van der Waals surface area contributed by atoms with E-state index in [1.54, 1.807) is 0 Å². The molecule has 0 aliphatic carbocycles. The van der Waals surface area contributed by atoms with Gasteiger partial charge in [0.25, 0.3) is 0 Å². The van der Waals surface area contributed by atoms with E-state index in [0.717, 1.165) is 0 Å². The lowest BCUT2D eigenvalue weighted by Crippen LogP contribution is -2.02. The van der Waals surface area contributed by atoms with Crippen molar-refractivity contribution < 1.29 is 0 Å². The van der Waals surface area contributed by atoms with Crippen molar-refractivity contribution in [3.8, 4) is 0 Å². The van der Waals surface area contributed by atoms with Crippen molar-refractivity contribution in [3.63, 3.8) is 0 Å². The van der Waals surface area contributed by atoms with Crippen LogP contribution >= 0.6 is 0 Å². The van der Waals surface area contributed by atoms with Crippen LogP contribution in [0.3, 0.4) is 0 Å². The van der Waals surface area contributed by atoms with Gasteiger partial charge in [-0.15, -0.1) is 0 Å². The van der Waals surface area contributed by atoms with Gasteiger partial charge in [0.1, 0.15) is 0 Å². The first kappa shape index (κ1) is 14.1. The van der Waals surface area contributed by atoms with Crippen LogP contribution in [-0.4, -0.2) is 8.41 Å². The smallest absolute Gasteiger partial charge is 0.0339 e. The molecule has 3 aromatic rings. The van der Waals surface area contributed by atoms with Crippen LogP contribution in [0.15, 0.2) is 91.0 Å². The highest BCUT2D eigenvalue weighted by Gasteiger charge is 2.15. The third kappa shape index (κ3) is 3.00. The van der Waals surface area contributed by atoms with Crippen LogP contribution in [0.25, 0.3) is 0 Å². The zero-order chi connectivity index (χ0) is 12.9. The van der Waals surface area contributed by atoms with E-state index in [1.165, 1.54) is 16.7 Å². The lowest BCUT2D eigenvalue weighted by atomic mass is 9.85. The first-order chi connectivity index (χ1) is 9.45. The van der Waals surface area contributed by atoms with Gasteiger partial charge in [0.05, 0.1) is 0 Å². The second-order valence-electron chi connectivity index (χ2n) is 4.67. The first-order valence-corrected chi connectivity index (χ1v) is 6.60. The summed E-state index contributed by atoms with van der Waals surface area (Å²) in [6.07, 6.45) is 0. The second-order valence-corrected chi connectivity index (χ2v) is 4.67. The molecule has 0 saturated heterocycles. The number of hydrogen-bond acceptors (Lipinski definition) is 0. The van der Waals surface area contributed by atoms with Crippen molar-refractivity contribution in [1.29, 1.82) is 0 Å². The van der Waals surface area contributed by atoms with Crippen LogP contribution < -0.4 is 0 Å². The van der Waals surface area contributed by atoms with Gasteiger partial charge in [-0.25, -0.2) is 0 Å². The highest BCUT2D eigenvalue weighted by molar-refractivity contribution is 5.75. The summed E-state index contributed by atoms with van der Waals surface area (Å²) in [5.74, 6) is 0.309. The average molecular weight is 255 g/mol. The molecule has 0 atom stereocenters. The van der Waals surface area contributed by atoms with Gasteiger partial charge in [0, 0.05) is 14.3 Å². The van der Waals surface area contributed by atoms with Crippen molar-refractivity contribution in [1.82, 2.24) is 0 Å². The average Bonchev–Trinajstić information content (AvgIpc) is 2.51. The molecule has 0 aliphatic heterocycles. The molecular formula is C19H16B. The molecule has 0 aliphatic rings. The SMILES string of the molecule is [B].c1ccc(C(c2ccccc2)c2ccccc2)cc1. The van der Waals surface area contributed by atoms with Gasteiger partial charge in [-0.2, -0.15) is 0 Å². The third-order valence-corrected chi connectivity index (χ3v) is 3.40. The fourth-order valence-electron chi connectivity index (χ4n) is 2.51. The monoisotopic (exact) mass is 255 g/mol. The zero-order valence-corrected chi connectivity index (χ0v) is 11.3. The zero-order valence-electron chi connectivity index (χ0n) is 11.3. The predicted octanol–water partition coefficient (Wildman–Crippen LogP) is 4.49. The Morgan fingerprint density at radius 2 is 0.650 bits per heavy atom. The Hall–Kier alpha value is -2.28. The lowest BCUT2D eigenvalue weighted by Gasteiger charge is -2.18. The molecule has 0 nitrogen and oxygen atoms in total. The molecule has 3 aromatic carbocycles. The van der Waals surface area contributed by atoms with Crippen molar-refractivity contribution in [2.75, 3.05) is 0 Å². The van der Waals surface area contributed by atoms with Crippen LogP contribution in [0.5, 0.6) is 0 Å². The van der Waals surface area contributed by atoms with Crippen LogP contribution in [-0.2, 0) is 0 Å². The molecule has 0 unspecified atom stereocenters. The third-order valence-electron chi connectivity index (χ3n) is 3.40. The summed E-state index contributed by atoms with van der Waals surface area (Å²) in [6.45, 7) is 0. The van der Waals surface area contributed by atoms with E-state index in [0.29, 0.717) is 5.92 Å². The molecule has 0 fully saturated rings. The Labute approximate surface area is 122 Å². The molecule has 20 heavy (non-hydrogen) atoms. The van der Waals surface area contributed by atoms with Gasteiger partial charge in [0.15, 0.2) is 0 Å². The molecule has 0 N–H and O–H groups in total. The highest BCUT2D eigenvalue weighted by atomic mass is 14.2. The van der Waals surface area contributed by atoms with E-state index in [9.17, 15) is 0 Å². The molecule has 3 rings (SSSR count). The van der Waals surface area contributed by atoms with Crippen molar-refractivity contribution in [2.45, 2.75) is 5.92 Å². The van der Waals surface area contributed by atoms with E-state index in [-0.39, 0.29) is 8.41 Å². The first-order valence-electron chi connectivity index (χ1n) is 6.60. The molecule has 0 saturated carbocycles. The van der Waals surface area contributed by atoms with Gasteiger partial charge in [-0.3, -0.25) is 0 Å². The Kier molecular flexibility index (Phi) is 4.78. The van der Waals surface area contributed by atoms with Crippen molar-refractivity contribution >= 4 is 8.41 Å². The van der Waals surface area contributed by atoms with Gasteiger partial charge in [0.2, 0.25) is 0 Å². The fourth-order valence-corrected chi connectivity index (χ4v) is 2.51. The normalized spacial score (nSPS) is 10.1. The van der Waals surface area contributed by atoms with Crippen LogP contribution in [0.4, 0.5) is 0 Å². The van der Waals surface area contributed by atoms with Gasteiger partial charge >= 0.3 is 0 Å². The van der Waals surface area contributed by atoms with Crippen LogP contribution in [0.1, 0.15) is 22.6 Å². The molecule has 0 amide bonds. The number of benzene rings is 3. The Bertz CT molecular complexity index is 524. The van der Waals surface area contributed by atoms with E-state index in [4.69, 9.17) is 0 Å². The predicted molar refractivity (Wildman–Crippen MR) is 86.0 cm³/mol. The van der Waals surface area contributed by atoms with E-state index >= 15 is 0 Å². The maximum atomic E-state index is 2.20. The van der Waals surface area contributed by atoms with Crippen LogP contribution in [0, 0.1) is 0 Å². The summed E-state index contributed by atoms with van der Waals surface area (Å²) < 4.78 is 0. The summed E-state index contributed by atoms with van der Waals surface area (Å²) in [5, 5.41) is 0. The molecule has 0 bridgehead atoms. The summed E-state index contributed by atoms with van der Waals surface area (Å²) in [5.41, 5.74) is 4.00. The van der Waals surface area contributed by atoms with Crippen LogP contribution in [0.2, 0.25) is 0 Å².